The zero-order chi connectivity index (χ0) is 16.2. The van der Waals surface area contributed by atoms with E-state index in [4.69, 9.17) is 4.74 Å². The highest BCUT2D eigenvalue weighted by Crippen LogP contribution is 2.26. The van der Waals surface area contributed by atoms with Gasteiger partial charge in [-0.25, -0.2) is 4.79 Å². The molecule has 0 aliphatic carbocycles. The average molecular weight is 344 g/mol. The van der Waals surface area contributed by atoms with Crippen molar-refractivity contribution in [3.8, 4) is 0 Å². The van der Waals surface area contributed by atoms with Crippen LogP contribution < -0.4 is 0 Å². The number of carbonyl (C=O) groups is 1. The topological polar surface area (TPSA) is 43.4 Å². The van der Waals surface area contributed by atoms with Crippen LogP contribution in [0.1, 0.15) is 21.5 Å². The Morgan fingerprint density at radius 1 is 1.17 bits per heavy atom. The van der Waals surface area contributed by atoms with E-state index in [0.29, 0.717) is 11.3 Å². The lowest BCUT2D eigenvalue weighted by atomic mass is 10.1. The van der Waals surface area contributed by atoms with Gasteiger partial charge >= 0.3 is 5.97 Å². The zero-order valence-corrected chi connectivity index (χ0v) is 14.3. The van der Waals surface area contributed by atoms with Gasteiger partial charge in [0.25, 0.3) is 0 Å². The molecule has 1 unspecified atom stereocenters. The molecule has 1 aromatic heterocycles. The molecule has 0 aliphatic heterocycles. The second-order valence-corrected chi connectivity index (χ2v) is 7.60. The first-order chi connectivity index (χ1) is 11.1. The van der Waals surface area contributed by atoms with Gasteiger partial charge in [0.2, 0.25) is 0 Å². The maximum atomic E-state index is 12.2. The Labute approximate surface area is 141 Å². The second kappa shape index (κ2) is 7.06. The number of thiophene rings is 1. The summed E-state index contributed by atoms with van der Waals surface area (Å²) in [6, 6.07) is 15.2. The molecule has 0 bridgehead atoms. The predicted octanol–water partition coefficient (Wildman–Crippen LogP) is 4.14. The lowest BCUT2D eigenvalue weighted by molar-refractivity contribution is 0.0474. The third kappa shape index (κ3) is 3.86. The highest BCUT2D eigenvalue weighted by atomic mass is 32.2. The molecule has 0 aliphatic rings. The van der Waals surface area contributed by atoms with Crippen molar-refractivity contribution in [2.75, 3.05) is 6.26 Å². The first kappa shape index (κ1) is 15.9. The van der Waals surface area contributed by atoms with Crippen molar-refractivity contribution in [3.63, 3.8) is 0 Å². The van der Waals surface area contributed by atoms with Crippen molar-refractivity contribution in [1.82, 2.24) is 0 Å². The second-order valence-electron chi connectivity index (χ2n) is 5.25. The quantitative estimate of drug-likeness (QED) is 0.654. The van der Waals surface area contributed by atoms with Crippen LogP contribution in [0.15, 0.2) is 53.9 Å². The van der Waals surface area contributed by atoms with Crippen LogP contribution in [0.4, 0.5) is 0 Å². The van der Waals surface area contributed by atoms with Gasteiger partial charge in [0, 0.05) is 33.1 Å². The summed E-state index contributed by atoms with van der Waals surface area (Å²) in [6.45, 7) is 0.257. The summed E-state index contributed by atoms with van der Waals surface area (Å²) in [7, 11) is -0.933. The van der Waals surface area contributed by atoms with Crippen molar-refractivity contribution < 1.29 is 13.7 Å². The number of ether oxygens (including phenoxy) is 1. The van der Waals surface area contributed by atoms with Gasteiger partial charge in [0.05, 0.1) is 5.56 Å². The van der Waals surface area contributed by atoms with E-state index in [1.54, 1.807) is 35.8 Å². The molecule has 118 valence electrons. The molecule has 3 aromatic rings. The van der Waals surface area contributed by atoms with Gasteiger partial charge in [-0.15, -0.1) is 11.3 Å². The summed E-state index contributed by atoms with van der Waals surface area (Å²) < 4.78 is 17.9. The van der Waals surface area contributed by atoms with E-state index >= 15 is 0 Å². The molecule has 2 aromatic carbocycles. The summed E-state index contributed by atoms with van der Waals surface area (Å²) >= 11 is 1.65. The molecular weight excluding hydrogens is 328 g/mol. The van der Waals surface area contributed by atoms with Crippen LogP contribution >= 0.6 is 11.3 Å². The fourth-order valence-electron chi connectivity index (χ4n) is 2.39. The van der Waals surface area contributed by atoms with Crippen LogP contribution in [0.25, 0.3) is 10.1 Å². The maximum Gasteiger partial charge on any atom is 0.338 e. The maximum absolute atomic E-state index is 12.2. The Morgan fingerprint density at radius 3 is 2.83 bits per heavy atom. The number of hydrogen-bond donors (Lipinski definition) is 0. The van der Waals surface area contributed by atoms with E-state index in [0.717, 1.165) is 16.5 Å². The fourth-order valence-corrected chi connectivity index (χ4v) is 3.99. The molecule has 1 atom stereocenters. The Morgan fingerprint density at radius 2 is 2.00 bits per heavy atom. The smallest absolute Gasteiger partial charge is 0.338 e. The van der Waals surface area contributed by atoms with E-state index in [1.807, 2.05) is 29.6 Å². The highest BCUT2D eigenvalue weighted by Gasteiger charge is 2.10. The summed E-state index contributed by atoms with van der Waals surface area (Å²) in [5.41, 5.74) is 2.39. The molecule has 5 heteroatoms. The van der Waals surface area contributed by atoms with E-state index in [9.17, 15) is 9.00 Å². The summed E-state index contributed by atoms with van der Waals surface area (Å²) in [5.74, 6) is 0.0834. The Balaban J connectivity index is 1.71. The number of fused-ring (bicyclic) bond motifs is 1. The number of hydrogen-bond acceptors (Lipinski definition) is 4. The summed E-state index contributed by atoms with van der Waals surface area (Å²) in [5, 5.41) is 3.15. The molecule has 0 amide bonds. The molecule has 3 nitrogen and oxygen atoms in total. The molecule has 0 saturated carbocycles. The molecule has 0 radical (unpaired) electrons. The standard InChI is InChI=1S/C18H16O3S2/c1-23(20)12-13-5-4-6-14(9-13)18(19)21-10-15-11-22-17-8-3-2-7-16(15)17/h2-9,11H,10,12H2,1H3. The van der Waals surface area contributed by atoms with Crippen LogP contribution in [0, 0.1) is 0 Å². The summed E-state index contributed by atoms with van der Waals surface area (Å²) in [4.78, 5) is 12.2. The van der Waals surface area contributed by atoms with Gasteiger partial charge < -0.3 is 4.74 Å². The predicted molar refractivity (Wildman–Crippen MR) is 95.2 cm³/mol. The molecule has 23 heavy (non-hydrogen) atoms. The van der Waals surface area contributed by atoms with Gasteiger partial charge in [0.1, 0.15) is 6.61 Å². The van der Waals surface area contributed by atoms with Gasteiger partial charge in [-0.3, -0.25) is 4.21 Å². The van der Waals surface area contributed by atoms with Crippen LogP contribution in [-0.4, -0.2) is 16.4 Å². The van der Waals surface area contributed by atoms with E-state index in [1.165, 1.54) is 4.70 Å². The first-order valence-electron chi connectivity index (χ1n) is 7.14. The zero-order valence-electron chi connectivity index (χ0n) is 12.7. The molecular formula is C18H16O3S2. The fraction of sp³-hybridized carbons (Fsp3) is 0.167. The lowest BCUT2D eigenvalue weighted by Gasteiger charge is -2.06. The largest absolute Gasteiger partial charge is 0.457 e. The van der Waals surface area contributed by atoms with E-state index < -0.39 is 10.8 Å². The SMILES string of the molecule is CS(=O)Cc1cccc(C(=O)OCc2csc3ccccc23)c1. The number of rotatable bonds is 5. The van der Waals surface area contributed by atoms with Crippen LogP contribution in [0.5, 0.6) is 0 Å². The normalized spacial score (nSPS) is 12.2. The van der Waals surface area contributed by atoms with Crippen molar-refractivity contribution in [2.24, 2.45) is 0 Å². The van der Waals surface area contributed by atoms with E-state index in [-0.39, 0.29) is 12.6 Å². The highest BCUT2D eigenvalue weighted by molar-refractivity contribution is 7.83. The third-order valence-corrected chi connectivity index (χ3v) is 5.20. The number of carbonyl (C=O) groups excluding carboxylic acids is 1. The molecule has 0 spiro atoms. The van der Waals surface area contributed by atoms with Crippen molar-refractivity contribution in [2.45, 2.75) is 12.4 Å². The minimum Gasteiger partial charge on any atom is -0.457 e. The van der Waals surface area contributed by atoms with Crippen LogP contribution in [0.3, 0.4) is 0 Å². The average Bonchev–Trinajstić information content (AvgIpc) is 2.95. The van der Waals surface area contributed by atoms with Gasteiger partial charge in [-0.05, 0) is 34.5 Å². The van der Waals surface area contributed by atoms with E-state index in [2.05, 4.69) is 6.07 Å². The number of benzene rings is 2. The molecule has 0 saturated heterocycles. The first-order valence-corrected chi connectivity index (χ1v) is 9.75. The Kier molecular flexibility index (Phi) is 4.88. The number of esters is 1. The van der Waals surface area contributed by atoms with Crippen molar-refractivity contribution >= 4 is 38.2 Å². The van der Waals surface area contributed by atoms with Gasteiger partial charge in [0.15, 0.2) is 0 Å². The van der Waals surface area contributed by atoms with Gasteiger partial charge in [-0.1, -0.05) is 30.3 Å². The van der Waals surface area contributed by atoms with Crippen molar-refractivity contribution in [3.05, 3.63) is 70.6 Å². The minimum absolute atomic E-state index is 0.257. The molecule has 3 rings (SSSR count). The third-order valence-electron chi connectivity index (χ3n) is 3.45. The summed E-state index contributed by atoms with van der Waals surface area (Å²) in [6.07, 6.45) is 1.65. The van der Waals surface area contributed by atoms with Crippen molar-refractivity contribution in [1.29, 1.82) is 0 Å². The van der Waals surface area contributed by atoms with Crippen LogP contribution in [-0.2, 0) is 27.9 Å². The lowest BCUT2D eigenvalue weighted by Crippen LogP contribution is -2.06. The van der Waals surface area contributed by atoms with Gasteiger partial charge in [-0.2, -0.15) is 0 Å². The minimum atomic E-state index is -0.933. The Bertz CT molecular complexity index is 867. The molecule has 0 N–H and O–H groups in total. The molecule has 0 fully saturated rings. The monoisotopic (exact) mass is 344 g/mol. The molecule has 1 heterocycles. The van der Waals surface area contributed by atoms with Crippen LogP contribution in [0.2, 0.25) is 0 Å². The Hall–Kier alpha value is -1.98.